The highest BCUT2D eigenvalue weighted by Gasteiger charge is 2.51. The molecule has 4 rings (SSSR count). The Balaban J connectivity index is 1.51. The molecule has 3 unspecified atom stereocenters. The van der Waals surface area contributed by atoms with Crippen LogP contribution in [0.15, 0.2) is 36.4 Å². The van der Waals surface area contributed by atoms with Gasteiger partial charge in [-0.2, -0.15) is 0 Å². The van der Waals surface area contributed by atoms with Crippen LogP contribution in [0.2, 0.25) is 0 Å². The van der Waals surface area contributed by atoms with Crippen molar-refractivity contribution in [1.82, 2.24) is 5.32 Å². The quantitative estimate of drug-likeness (QED) is 0.414. The summed E-state index contributed by atoms with van der Waals surface area (Å²) in [6.07, 6.45) is 8.36. The van der Waals surface area contributed by atoms with Crippen molar-refractivity contribution in [1.29, 1.82) is 0 Å². The Hall–Kier alpha value is -1.87. The number of hydrogen-bond donors (Lipinski definition) is 2. The Morgan fingerprint density at radius 3 is 2.41 bits per heavy atom. The zero-order valence-electron chi connectivity index (χ0n) is 22.2. The second-order valence-electron chi connectivity index (χ2n) is 11.6. The highest BCUT2D eigenvalue weighted by atomic mass is 32.1. The van der Waals surface area contributed by atoms with Gasteiger partial charge < -0.3 is 10.6 Å². The molecule has 1 saturated carbocycles. The van der Waals surface area contributed by atoms with Crippen LogP contribution in [0.5, 0.6) is 0 Å². The SMILES string of the molecule is CCc1cccc(CC)c1NC(=S)NCC1(C)CCCC2(C)c3ccc(C(C)C)cc3CCC12. The summed E-state index contributed by atoms with van der Waals surface area (Å²) in [5.41, 5.74) is 9.08. The van der Waals surface area contributed by atoms with E-state index < -0.39 is 0 Å². The Labute approximate surface area is 213 Å². The summed E-state index contributed by atoms with van der Waals surface area (Å²) < 4.78 is 0. The molecule has 0 bridgehead atoms. The highest BCUT2D eigenvalue weighted by Crippen LogP contribution is 2.57. The van der Waals surface area contributed by atoms with Gasteiger partial charge in [-0.1, -0.05) is 84.4 Å². The Morgan fingerprint density at radius 1 is 1.06 bits per heavy atom. The van der Waals surface area contributed by atoms with E-state index in [0.29, 0.717) is 11.8 Å². The van der Waals surface area contributed by atoms with Crippen LogP contribution in [0.25, 0.3) is 0 Å². The molecule has 1 fully saturated rings. The molecule has 2 aromatic rings. The van der Waals surface area contributed by atoms with Gasteiger partial charge in [-0.25, -0.2) is 0 Å². The third-order valence-corrected chi connectivity index (χ3v) is 9.30. The summed E-state index contributed by atoms with van der Waals surface area (Å²) in [6.45, 7) is 15.0. The zero-order valence-corrected chi connectivity index (χ0v) is 23.0. The van der Waals surface area contributed by atoms with E-state index in [2.05, 4.69) is 88.6 Å². The van der Waals surface area contributed by atoms with Gasteiger partial charge in [0.15, 0.2) is 5.11 Å². The molecule has 184 valence electrons. The first-order valence-electron chi connectivity index (χ1n) is 13.5. The molecule has 2 aliphatic rings. The van der Waals surface area contributed by atoms with Crippen LogP contribution in [0, 0.1) is 11.3 Å². The molecule has 3 atom stereocenters. The van der Waals surface area contributed by atoms with Crippen LogP contribution in [-0.4, -0.2) is 11.7 Å². The lowest BCUT2D eigenvalue weighted by Gasteiger charge is -2.55. The minimum absolute atomic E-state index is 0.241. The maximum atomic E-state index is 5.82. The predicted molar refractivity (Wildman–Crippen MR) is 151 cm³/mol. The molecule has 3 heteroatoms. The first kappa shape index (κ1) is 25.2. The maximum absolute atomic E-state index is 5.82. The van der Waals surface area contributed by atoms with Crippen molar-refractivity contribution >= 4 is 23.0 Å². The van der Waals surface area contributed by atoms with Crippen molar-refractivity contribution in [2.24, 2.45) is 11.3 Å². The topological polar surface area (TPSA) is 24.1 Å². The maximum Gasteiger partial charge on any atom is 0.170 e. The monoisotopic (exact) mass is 476 g/mol. The Bertz CT molecular complexity index is 1020. The van der Waals surface area contributed by atoms with E-state index >= 15 is 0 Å². The average Bonchev–Trinajstić information content (AvgIpc) is 2.82. The van der Waals surface area contributed by atoms with Crippen LogP contribution in [0.4, 0.5) is 5.69 Å². The standard InChI is InChI=1S/C31H44N2S/c1-7-22-11-9-12-23(8-2)28(22)33-29(34)32-20-30(5)17-10-18-31(6)26-15-13-24(21(3)4)19-25(26)14-16-27(30)31/h9,11-13,15,19,21,27H,7-8,10,14,16-18,20H2,1-6H3,(H2,32,33,34). The molecular weight excluding hydrogens is 432 g/mol. The first-order valence-corrected chi connectivity index (χ1v) is 13.9. The van der Waals surface area contributed by atoms with E-state index in [4.69, 9.17) is 12.2 Å². The van der Waals surface area contributed by atoms with Crippen LogP contribution in [0.3, 0.4) is 0 Å². The van der Waals surface area contributed by atoms with E-state index in [1.54, 1.807) is 11.1 Å². The van der Waals surface area contributed by atoms with Gasteiger partial charge in [-0.15, -0.1) is 0 Å². The van der Waals surface area contributed by atoms with Crippen molar-refractivity contribution in [3.8, 4) is 0 Å². The lowest BCUT2D eigenvalue weighted by Crippen LogP contribution is -2.53. The van der Waals surface area contributed by atoms with Crippen molar-refractivity contribution < 1.29 is 0 Å². The number of aryl methyl sites for hydroxylation is 3. The number of fused-ring (bicyclic) bond motifs is 3. The van der Waals surface area contributed by atoms with E-state index in [-0.39, 0.29) is 10.8 Å². The van der Waals surface area contributed by atoms with Crippen LogP contribution >= 0.6 is 12.2 Å². The lowest BCUT2D eigenvalue weighted by molar-refractivity contribution is 0.0294. The Morgan fingerprint density at radius 2 is 1.76 bits per heavy atom. The molecule has 0 saturated heterocycles. The van der Waals surface area contributed by atoms with Crippen molar-refractivity contribution in [3.05, 3.63) is 64.2 Å². The van der Waals surface area contributed by atoms with Gasteiger partial charge in [-0.3, -0.25) is 0 Å². The molecule has 2 N–H and O–H groups in total. The van der Waals surface area contributed by atoms with Crippen LogP contribution in [0.1, 0.15) is 101 Å². The second-order valence-corrected chi connectivity index (χ2v) is 12.0. The fourth-order valence-corrected chi connectivity index (χ4v) is 7.23. The van der Waals surface area contributed by atoms with E-state index in [0.717, 1.165) is 24.5 Å². The third kappa shape index (κ3) is 4.65. The summed E-state index contributed by atoms with van der Waals surface area (Å²) >= 11 is 5.82. The molecule has 0 aromatic heterocycles. The summed E-state index contributed by atoms with van der Waals surface area (Å²) in [4.78, 5) is 0. The smallest absolute Gasteiger partial charge is 0.170 e. The van der Waals surface area contributed by atoms with E-state index in [1.807, 2.05) is 0 Å². The van der Waals surface area contributed by atoms with Gasteiger partial charge in [0.25, 0.3) is 0 Å². The number of benzene rings is 2. The molecule has 2 nitrogen and oxygen atoms in total. The number of anilines is 1. The number of para-hydroxylation sites is 1. The highest BCUT2D eigenvalue weighted by molar-refractivity contribution is 7.80. The molecule has 34 heavy (non-hydrogen) atoms. The first-order chi connectivity index (χ1) is 16.2. The number of hydrogen-bond acceptors (Lipinski definition) is 1. The molecule has 0 aliphatic heterocycles. The van der Waals surface area contributed by atoms with Gasteiger partial charge in [0, 0.05) is 12.2 Å². The van der Waals surface area contributed by atoms with E-state index in [9.17, 15) is 0 Å². The third-order valence-electron chi connectivity index (χ3n) is 9.06. The molecule has 0 spiro atoms. The molecule has 0 radical (unpaired) electrons. The zero-order chi connectivity index (χ0) is 24.5. The fraction of sp³-hybridized carbons (Fsp3) is 0.581. The molecule has 2 aromatic carbocycles. The van der Waals surface area contributed by atoms with Crippen LogP contribution < -0.4 is 10.6 Å². The molecule has 2 aliphatic carbocycles. The van der Waals surface area contributed by atoms with Gasteiger partial charge in [0.2, 0.25) is 0 Å². The summed E-state index contributed by atoms with van der Waals surface area (Å²) in [5, 5.41) is 8.00. The lowest BCUT2D eigenvalue weighted by atomic mass is 9.49. The summed E-state index contributed by atoms with van der Waals surface area (Å²) in [7, 11) is 0. The molecule has 0 heterocycles. The average molecular weight is 477 g/mol. The van der Waals surface area contributed by atoms with Gasteiger partial charge >= 0.3 is 0 Å². The number of nitrogens with one attached hydrogen (secondary N) is 2. The van der Waals surface area contributed by atoms with Gasteiger partial charge in [-0.05, 0) is 101 Å². The van der Waals surface area contributed by atoms with Gasteiger partial charge in [0.1, 0.15) is 0 Å². The van der Waals surface area contributed by atoms with E-state index in [1.165, 1.54) is 54.5 Å². The molecule has 0 amide bonds. The summed E-state index contributed by atoms with van der Waals surface area (Å²) in [5.74, 6) is 1.27. The predicted octanol–water partition coefficient (Wildman–Crippen LogP) is 7.93. The normalized spacial score (nSPS) is 26.0. The molecular formula is C31H44N2S. The number of thiocarbonyl (C=S) groups is 1. The van der Waals surface area contributed by atoms with Crippen LogP contribution in [-0.2, 0) is 24.7 Å². The van der Waals surface area contributed by atoms with Crippen molar-refractivity contribution in [3.63, 3.8) is 0 Å². The van der Waals surface area contributed by atoms with Crippen molar-refractivity contribution in [2.75, 3.05) is 11.9 Å². The van der Waals surface area contributed by atoms with Gasteiger partial charge in [0.05, 0.1) is 0 Å². The minimum Gasteiger partial charge on any atom is -0.362 e. The fourth-order valence-electron chi connectivity index (χ4n) is 7.06. The second kappa shape index (κ2) is 10.0. The minimum atomic E-state index is 0.241. The number of rotatable bonds is 6. The summed E-state index contributed by atoms with van der Waals surface area (Å²) in [6, 6.07) is 13.9. The largest absolute Gasteiger partial charge is 0.362 e. The van der Waals surface area contributed by atoms with Crippen molar-refractivity contribution in [2.45, 2.75) is 97.8 Å². The Kier molecular flexibility index (Phi) is 7.43.